The smallest absolute Gasteiger partial charge is 0.270 e. The highest BCUT2D eigenvalue weighted by atomic mass is 16.2. The Balaban J connectivity index is 2.57. The minimum absolute atomic E-state index is 0.0148. The van der Waals surface area contributed by atoms with Crippen LogP contribution in [-0.2, 0) is 4.79 Å². The second-order valence-electron chi connectivity index (χ2n) is 3.97. The third-order valence-electron chi connectivity index (χ3n) is 2.19. The van der Waals surface area contributed by atoms with E-state index in [0.717, 1.165) is 5.69 Å². The van der Waals surface area contributed by atoms with Crippen molar-refractivity contribution in [3.05, 3.63) is 29.6 Å². The van der Waals surface area contributed by atoms with E-state index in [1.807, 2.05) is 13.0 Å². The first kappa shape index (κ1) is 12.4. The van der Waals surface area contributed by atoms with Gasteiger partial charge in [-0.25, -0.2) is 4.98 Å². The lowest BCUT2D eigenvalue weighted by atomic mass is 10.1. The lowest BCUT2D eigenvalue weighted by molar-refractivity contribution is -0.120. The van der Waals surface area contributed by atoms with E-state index in [9.17, 15) is 9.59 Å². The number of pyridine rings is 1. The molecule has 0 aliphatic rings. The van der Waals surface area contributed by atoms with Gasteiger partial charge in [-0.15, -0.1) is 0 Å². The Kier molecular flexibility index (Phi) is 4.17. The van der Waals surface area contributed by atoms with Gasteiger partial charge in [0.2, 0.25) is 0 Å². The predicted octanol–water partition coefficient (Wildman–Crippen LogP) is 1.34. The third kappa shape index (κ3) is 3.46. The number of ketones is 1. The van der Waals surface area contributed by atoms with Crippen LogP contribution in [0.3, 0.4) is 0 Å². The molecule has 0 bridgehead atoms. The van der Waals surface area contributed by atoms with Crippen LogP contribution in [0.1, 0.15) is 30.0 Å². The summed E-state index contributed by atoms with van der Waals surface area (Å²) < 4.78 is 0. The number of Topliss-reactive ketones (excluding diaryl/α,β-unsaturated/α-hetero) is 1. The fraction of sp³-hybridized carbons (Fsp3) is 0.417. The zero-order valence-electron chi connectivity index (χ0n) is 9.78. The molecule has 1 aromatic heterocycles. The summed E-state index contributed by atoms with van der Waals surface area (Å²) in [6.07, 6.45) is 0. The zero-order valence-corrected chi connectivity index (χ0v) is 9.78. The van der Waals surface area contributed by atoms with Gasteiger partial charge in [0.05, 0.1) is 6.54 Å². The fourth-order valence-electron chi connectivity index (χ4n) is 1.13. The van der Waals surface area contributed by atoms with Gasteiger partial charge in [-0.1, -0.05) is 19.9 Å². The molecule has 86 valence electrons. The Morgan fingerprint density at radius 3 is 2.62 bits per heavy atom. The van der Waals surface area contributed by atoms with E-state index in [4.69, 9.17) is 0 Å². The van der Waals surface area contributed by atoms with E-state index in [2.05, 4.69) is 10.3 Å². The maximum Gasteiger partial charge on any atom is 0.270 e. The minimum Gasteiger partial charge on any atom is -0.344 e. The maximum absolute atomic E-state index is 11.6. The first-order chi connectivity index (χ1) is 7.50. The number of aryl methyl sites for hydroxylation is 1. The third-order valence-corrected chi connectivity index (χ3v) is 2.19. The molecule has 0 unspecified atom stereocenters. The van der Waals surface area contributed by atoms with Gasteiger partial charge >= 0.3 is 0 Å². The molecule has 1 rings (SSSR count). The Bertz CT molecular complexity index is 400. The Labute approximate surface area is 95.1 Å². The number of nitrogens with one attached hydrogen (secondary N) is 1. The van der Waals surface area contributed by atoms with Crippen molar-refractivity contribution < 1.29 is 9.59 Å². The summed E-state index contributed by atoms with van der Waals surface area (Å²) in [7, 11) is 0. The van der Waals surface area contributed by atoms with Gasteiger partial charge in [-0.2, -0.15) is 0 Å². The molecular formula is C12H16N2O2. The molecule has 4 nitrogen and oxygen atoms in total. The molecule has 1 aromatic rings. The van der Waals surface area contributed by atoms with E-state index in [1.54, 1.807) is 26.0 Å². The number of carbonyl (C=O) groups excluding carboxylic acids is 2. The predicted molar refractivity (Wildman–Crippen MR) is 61.2 cm³/mol. The highest BCUT2D eigenvalue weighted by molar-refractivity contribution is 5.95. The zero-order chi connectivity index (χ0) is 12.1. The number of hydrogen-bond acceptors (Lipinski definition) is 3. The molecule has 0 aromatic carbocycles. The number of hydrogen-bond donors (Lipinski definition) is 1. The first-order valence-corrected chi connectivity index (χ1v) is 5.25. The van der Waals surface area contributed by atoms with E-state index in [0.29, 0.717) is 5.69 Å². The van der Waals surface area contributed by atoms with Crippen molar-refractivity contribution >= 4 is 11.7 Å². The van der Waals surface area contributed by atoms with Gasteiger partial charge in [0.1, 0.15) is 5.69 Å². The molecule has 0 spiro atoms. The quantitative estimate of drug-likeness (QED) is 0.833. The average Bonchev–Trinajstić information content (AvgIpc) is 2.25. The van der Waals surface area contributed by atoms with Crippen molar-refractivity contribution in [2.75, 3.05) is 6.54 Å². The Morgan fingerprint density at radius 1 is 1.38 bits per heavy atom. The molecule has 0 aliphatic heterocycles. The molecule has 1 heterocycles. The second kappa shape index (κ2) is 5.39. The highest BCUT2D eigenvalue weighted by Gasteiger charge is 2.11. The van der Waals surface area contributed by atoms with Crippen LogP contribution in [0.25, 0.3) is 0 Å². The number of carbonyl (C=O) groups is 2. The number of rotatable bonds is 4. The van der Waals surface area contributed by atoms with Crippen molar-refractivity contribution in [1.82, 2.24) is 10.3 Å². The van der Waals surface area contributed by atoms with Gasteiger partial charge in [-0.3, -0.25) is 9.59 Å². The molecule has 0 saturated heterocycles. The van der Waals surface area contributed by atoms with Crippen LogP contribution in [0.5, 0.6) is 0 Å². The summed E-state index contributed by atoms with van der Waals surface area (Å²) in [5, 5.41) is 2.56. The van der Waals surface area contributed by atoms with Crippen LogP contribution in [0.2, 0.25) is 0 Å². The molecule has 4 heteroatoms. The highest BCUT2D eigenvalue weighted by Crippen LogP contribution is 1.98. The van der Waals surface area contributed by atoms with Gasteiger partial charge < -0.3 is 5.32 Å². The summed E-state index contributed by atoms with van der Waals surface area (Å²) >= 11 is 0. The van der Waals surface area contributed by atoms with Crippen LogP contribution < -0.4 is 5.32 Å². The van der Waals surface area contributed by atoms with E-state index in [1.165, 1.54) is 0 Å². The Hall–Kier alpha value is -1.71. The molecular weight excluding hydrogens is 204 g/mol. The largest absolute Gasteiger partial charge is 0.344 e. The number of amides is 1. The molecule has 0 atom stereocenters. The van der Waals surface area contributed by atoms with E-state index in [-0.39, 0.29) is 24.2 Å². The monoisotopic (exact) mass is 220 g/mol. The molecule has 1 amide bonds. The van der Waals surface area contributed by atoms with Crippen molar-refractivity contribution in [3.8, 4) is 0 Å². The summed E-state index contributed by atoms with van der Waals surface area (Å²) in [4.78, 5) is 27.0. The normalized spacial score (nSPS) is 10.2. The number of nitrogens with zero attached hydrogens (tertiary/aromatic N) is 1. The van der Waals surface area contributed by atoms with Gasteiger partial charge in [0, 0.05) is 11.6 Å². The van der Waals surface area contributed by atoms with E-state index >= 15 is 0 Å². The number of aromatic nitrogens is 1. The van der Waals surface area contributed by atoms with E-state index < -0.39 is 0 Å². The summed E-state index contributed by atoms with van der Waals surface area (Å²) in [5.41, 5.74) is 1.12. The molecule has 0 fully saturated rings. The first-order valence-electron chi connectivity index (χ1n) is 5.25. The summed E-state index contributed by atoms with van der Waals surface area (Å²) in [6, 6.07) is 5.21. The van der Waals surface area contributed by atoms with Crippen molar-refractivity contribution in [2.24, 2.45) is 5.92 Å². The van der Waals surface area contributed by atoms with Crippen molar-refractivity contribution in [3.63, 3.8) is 0 Å². The summed E-state index contributed by atoms with van der Waals surface area (Å²) in [6.45, 7) is 5.49. The lowest BCUT2D eigenvalue weighted by Crippen LogP contribution is -2.32. The topological polar surface area (TPSA) is 59.1 Å². The maximum atomic E-state index is 11.6. The van der Waals surface area contributed by atoms with Crippen molar-refractivity contribution in [1.29, 1.82) is 0 Å². The van der Waals surface area contributed by atoms with Gasteiger partial charge in [0.25, 0.3) is 5.91 Å². The minimum atomic E-state index is -0.308. The van der Waals surface area contributed by atoms with Gasteiger partial charge in [-0.05, 0) is 19.1 Å². The van der Waals surface area contributed by atoms with Gasteiger partial charge in [0.15, 0.2) is 5.78 Å². The lowest BCUT2D eigenvalue weighted by Gasteiger charge is -2.06. The molecule has 0 radical (unpaired) electrons. The average molecular weight is 220 g/mol. The molecule has 1 N–H and O–H groups in total. The molecule has 16 heavy (non-hydrogen) atoms. The fourth-order valence-corrected chi connectivity index (χ4v) is 1.13. The molecule has 0 saturated carbocycles. The SMILES string of the molecule is Cc1cccc(C(=O)NCC(=O)C(C)C)n1. The summed E-state index contributed by atoms with van der Waals surface area (Å²) in [5.74, 6) is -0.357. The second-order valence-corrected chi connectivity index (χ2v) is 3.97. The van der Waals surface area contributed by atoms with Crippen LogP contribution in [0, 0.1) is 12.8 Å². The van der Waals surface area contributed by atoms with Crippen molar-refractivity contribution in [2.45, 2.75) is 20.8 Å². The molecule has 0 aliphatic carbocycles. The Morgan fingerprint density at radius 2 is 2.06 bits per heavy atom. The van der Waals surface area contributed by atoms with Crippen LogP contribution in [0.15, 0.2) is 18.2 Å². The standard InChI is InChI=1S/C12H16N2O2/c1-8(2)11(15)7-13-12(16)10-6-4-5-9(3)14-10/h4-6,8H,7H2,1-3H3,(H,13,16). The van der Waals surface area contributed by atoms with Crippen LogP contribution in [0.4, 0.5) is 0 Å². The van der Waals surface area contributed by atoms with Crippen LogP contribution >= 0.6 is 0 Å². The van der Waals surface area contributed by atoms with Crippen LogP contribution in [-0.4, -0.2) is 23.2 Å².